The highest BCUT2D eigenvalue weighted by Crippen LogP contribution is 2.21. The Labute approximate surface area is 107 Å². The van der Waals surface area contributed by atoms with E-state index in [1.807, 2.05) is 13.8 Å². The lowest BCUT2D eigenvalue weighted by Crippen LogP contribution is -2.47. The van der Waals surface area contributed by atoms with Crippen LogP contribution in [0.15, 0.2) is 18.2 Å². The first-order chi connectivity index (χ1) is 8.49. The molecular weight excluding hydrogens is 231 g/mol. The number of hydrogen-bond donors (Lipinski definition) is 1. The molecule has 0 bridgehead atoms. The summed E-state index contributed by atoms with van der Waals surface area (Å²) in [4.78, 5) is 13.9. The summed E-state index contributed by atoms with van der Waals surface area (Å²) in [6.45, 7) is 4.45. The number of carbonyl (C=O) groups excluding carboxylic acids is 1. The van der Waals surface area contributed by atoms with Crippen LogP contribution in [0.25, 0.3) is 0 Å². The topological polar surface area (TPSA) is 46.3 Å². The van der Waals surface area contributed by atoms with E-state index in [0.29, 0.717) is 19.4 Å². The van der Waals surface area contributed by atoms with Crippen LogP contribution in [0, 0.1) is 5.82 Å². The summed E-state index contributed by atoms with van der Waals surface area (Å²) in [5, 5.41) is 0. The SMILES string of the molecule is CC(C)N1Cc2ccc(F)cc2CCC(N)C1=O. The molecule has 0 saturated heterocycles. The summed E-state index contributed by atoms with van der Waals surface area (Å²) in [6, 6.07) is 4.38. The van der Waals surface area contributed by atoms with Gasteiger partial charge in [-0.05, 0) is 49.9 Å². The average molecular weight is 250 g/mol. The molecule has 1 atom stereocenters. The molecular formula is C14H19FN2O. The van der Waals surface area contributed by atoms with Gasteiger partial charge in [0.05, 0.1) is 6.04 Å². The third kappa shape index (κ3) is 2.53. The Morgan fingerprint density at radius 3 is 2.78 bits per heavy atom. The number of hydrogen-bond acceptors (Lipinski definition) is 2. The first-order valence-electron chi connectivity index (χ1n) is 6.32. The number of nitrogens with zero attached hydrogens (tertiary/aromatic N) is 1. The highest BCUT2D eigenvalue weighted by molar-refractivity contribution is 5.82. The summed E-state index contributed by atoms with van der Waals surface area (Å²) < 4.78 is 13.2. The molecule has 1 aromatic carbocycles. The van der Waals surface area contributed by atoms with Crippen molar-refractivity contribution in [3.63, 3.8) is 0 Å². The first-order valence-corrected chi connectivity index (χ1v) is 6.32. The predicted molar refractivity (Wildman–Crippen MR) is 68.4 cm³/mol. The summed E-state index contributed by atoms with van der Waals surface area (Å²) in [5.41, 5.74) is 7.87. The minimum Gasteiger partial charge on any atom is -0.335 e. The molecule has 3 nitrogen and oxygen atoms in total. The van der Waals surface area contributed by atoms with Gasteiger partial charge in [-0.2, -0.15) is 0 Å². The van der Waals surface area contributed by atoms with Crippen LogP contribution in [0.3, 0.4) is 0 Å². The predicted octanol–water partition coefficient (Wildman–Crippen LogP) is 1.84. The monoisotopic (exact) mass is 250 g/mol. The minimum atomic E-state index is -0.483. The van der Waals surface area contributed by atoms with Crippen molar-refractivity contribution in [2.24, 2.45) is 5.73 Å². The van der Waals surface area contributed by atoms with E-state index in [-0.39, 0.29) is 17.8 Å². The second-order valence-electron chi connectivity index (χ2n) is 5.12. The van der Waals surface area contributed by atoms with Crippen molar-refractivity contribution in [3.05, 3.63) is 35.1 Å². The molecule has 0 aliphatic carbocycles. The molecule has 1 aromatic rings. The van der Waals surface area contributed by atoms with Crippen LogP contribution >= 0.6 is 0 Å². The van der Waals surface area contributed by atoms with Crippen LogP contribution < -0.4 is 5.73 Å². The number of carbonyl (C=O) groups is 1. The Bertz CT molecular complexity index is 459. The molecule has 1 aliphatic heterocycles. The molecule has 4 heteroatoms. The standard InChI is InChI=1S/C14H19FN2O/c1-9(2)17-8-11-3-5-12(15)7-10(11)4-6-13(16)14(17)18/h3,5,7,9,13H,4,6,8,16H2,1-2H3. The first kappa shape index (κ1) is 13.0. The van der Waals surface area contributed by atoms with Crippen molar-refractivity contribution in [1.29, 1.82) is 0 Å². The molecule has 2 N–H and O–H groups in total. The summed E-state index contributed by atoms with van der Waals surface area (Å²) in [6.07, 6.45) is 1.23. The maximum Gasteiger partial charge on any atom is 0.240 e. The van der Waals surface area contributed by atoms with Gasteiger partial charge in [-0.1, -0.05) is 6.07 Å². The third-order valence-electron chi connectivity index (χ3n) is 3.46. The smallest absolute Gasteiger partial charge is 0.240 e. The van der Waals surface area contributed by atoms with E-state index in [4.69, 9.17) is 5.73 Å². The average Bonchev–Trinajstić information content (AvgIpc) is 2.32. The Balaban J connectivity index is 2.37. The zero-order chi connectivity index (χ0) is 13.3. The summed E-state index contributed by atoms with van der Waals surface area (Å²) in [5.74, 6) is -0.245. The van der Waals surface area contributed by atoms with Gasteiger partial charge in [0.2, 0.25) is 5.91 Å². The fraction of sp³-hybridized carbons (Fsp3) is 0.500. The van der Waals surface area contributed by atoms with E-state index in [9.17, 15) is 9.18 Å². The molecule has 0 aromatic heterocycles. The van der Waals surface area contributed by atoms with Gasteiger partial charge < -0.3 is 10.6 Å². The van der Waals surface area contributed by atoms with E-state index in [0.717, 1.165) is 11.1 Å². The molecule has 0 spiro atoms. The van der Waals surface area contributed by atoms with E-state index < -0.39 is 6.04 Å². The third-order valence-corrected chi connectivity index (χ3v) is 3.46. The fourth-order valence-corrected chi connectivity index (χ4v) is 2.33. The molecule has 0 saturated carbocycles. The molecule has 0 fully saturated rings. The van der Waals surface area contributed by atoms with Crippen LogP contribution in [0.1, 0.15) is 31.4 Å². The van der Waals surface area contributed by atoms with Gasteiger partial charge in [0.1, 0.15) is 5.82 Å². The molecule has 1 aliphatic rings. The summed E-state index contributed by atoms with van der Waals surface area (Å²) >= 11 is 0. The van der Waals surface area contributed by atoms with Crippen molar-refractivity contribution in [2.75, 3.05) is 0 Å². The second-order valence-corrected chi connectivity index (χ2v) is 5.12. The molecule has 1 amide bonds. The number of rotatable bonds is 1. The molecule has 1 heterocycles. The number of benzene rings is 1. The van der Waals surface area contributed by atoms with Crippen molar-refractivity contribution in [1.82, 2.24) is 4.90 Å². The van der Waals surface area contributed by atoms with E-state index in [1.165, 1.54) is 6.07 Å². The maximum absolute atomic E-state index is 13.2. The molecule has 1 unspecified atom stereocenters. The van der Waals surface area contributed by atoms with Gasteiger partial charge in [-0.15, -0.1) is 0 Å². The zero-order valence-corrected chi connectivity index (χ0v) is 10.8. The highest BCUT2D eigenvalue weighted by Gasteiger charge is 2.26. The lowest BCUT2D eigenvalue weighted by atomic mass is 9.96. The van der Waals surface area contributed by atoms with Crippen LogP contribution in [-0.2, 0) is 17.8 Å². The fourth-order valence-electron chi connectivity index (χ4n) is 2.33. The molecule has 2 rings (SSSR count). The zero-order valence-electron chi connectivity index (χ0n) is 10.8. The quantitative estimate of drug-likeness (QED) is 0.826. The number of halogens is 1. The normalized spacial score (nSPS) is 20.6. The Morgan fingerprint density at radius 1 is 1.39 bits per heavy atom. The Kier molecular flexibility index (Phi) is 3.66. The minimum absolute atomic E-state index is 0.0139. The van der Waals surface area contributed by atoms with Crippen LogP contribution in [0.2, 0.25) is 0 Å². The van der Waals surface area contributed by atoms with Crippen molar-refractivity contribution in [2.45, 2.75) is 45.3 Å². The molecule has 98 valence electrons. The van der Waals surface area contributed by atoms with Gasteiger partial charge in [0.15, 0.2) is 0 Å². The van der Waals surface area contributed by atoms with E-state index in [1.54, 1.807) is 17.0 Å². The van der Waals surface area contributed by atoms with Crippen molar-refractivity contribution >= 4 is 5.91 Å². The van der Waals surface area contributed by atoms with Crippen molar-refractivity contribution in [3.8, 4) is 0 Å². The van der Waals surface area contributed by atoms with Gasteiger partial charge >= 0.3 is 0 Å². The summed E-state index contributed by atoms with van der Waals surface area (Å²) in [7, 11) is 0. The number of nitrogens with two attached hydrogens (primary N) is 1. The van der Waals surface area contributed by atoms with E-state index >= 15 is 0 Å². The molecule has 18 heavy (non-hydrogen) atoms. The lowest BCUT2D eigenvalue weighted by molar-refractivity contribution is -0.135. The number of fused-ring (bicyclic) bond motifs is 1. The van der Waals surface area contributed by atoms with Crippen molar-refractivity contribution < 1.29 is 9.18 Å². The van der Waals surface area contributed by atoms with Crippen LogP contribution in [0.5, 0.6) is 0 Å². The van der Waals surface area contributed by atoms with Gasteiger partial charge in [0, 0.05) is 12.6 Å². The van der Waals surface area contributed by atoms with E-state index in [2.05, 4.69) is 0 Å². The van der Waals surface area contributed by atoms with Crippen LogP contribution in [-0.4, -0.2) is 22.9 Å². The number of amides is 1. The Hall–Kier alpha value is -1.42. The highest BCUT2D eigenvalue weighted by atomic mass is 19.1. The number of aryl methyl sites for hydroxylation is 1. The van der Waals surface area contributed by atoms with Gasteiger partial charge in [-0.3, -0.25) is 4.79 Å². The Morgan fingerprint density at radius 2 is 2.11 bits per heavy atom. The maximum atomic E-state index is 13.2. The lowest BCUT2D eigenvalue weighted by Gasteiger charge is -2.32. The van der Waals surface area contributed by atoms with Crippen LogP contribution in [0.4, 0.5) is 4.39 Å². The largest absolute Gasteiger partial charge is 0.335 e. The van der Waals surface area contributed by atoms with Gasteiger partial charge in [0.25, 0.3) is 0 Å². The molecule has 0 radical (unpaired) electrons. The second kappa shape index (κ2) is 5.06. The van der Waals surface area contributed by atoms with Gasteiger partial charge in [-0.25, -0.2) is 4.39 Å².